The summed E-state index contributed by atoms with van der Waals surface area (Å²) < 4.78 is 0. The van der Waals surface area contributed by atoms with Gasteiger partial charge >= 0.3 is 5.97 Å². The quantitative estimate of drug-likeness (QED) is 0.906. The molecule has 0 amide bonds. The average molecular weight is 285 g/mol. The van der Waals surface area contributed by atoms with Crippen LogP contribution in [-0.4, -0.2) is 32.5 Å². The molecule has 1 aromatic carbocycles. The number of carboxylic acid groups (broad SMARTS) is 1. The number of hydrogen-bond donors (Lipinski definition) is 2. The number of carboxylic acids is 1. The number of nitrogens with one attached hydrogen (secondary N) is 1. The van der Waals surface area contributed by atoms with Crippen molar-refractivity contribution in [3.63, 3.8) is 0 Å². The molecular formula is C16H19N3O2. The lowest BCUT2D eigenvalue weighted by Crippen LogP contribution is -2.23. The molecule has 110 valence electrons. The van der Waals surface area contributed by atoms with E-state index >= 15 is 0 Å². The number of benzene rings is 1. The summed E-state index contributed by atoms with van der Waals surface area (Å²) in [4.78, 5) is 21.2. The van der Waals surface area contributed by atoms with Crippen LogP contribution in [0.1, 0.15) is 46.3 Å². The minimum Gasteiger partial charge on any atom is -0.478 e. The van der Waals surface area contributed by atoms with Crippen LogP contribution < -0.4 is 0 Å². The van der Waals surface area contributed by atoms with E-state index in [0.717, 1.165) is 43.0 Å². The number of aryl methyl sites for hydroxylation is 1. The highest BCUT2D eigenvalue weighted by Crippen LogP contribution is 2.31. The molecule has 0 unspecified atom stereocenters. The molecular weight excluding hydrogens is 266 g/mol. The summed E-state index contributed by atoms with van der Waals surface area (Å²) in [7, 11) is 0. The van der Waals surface area contributed by atoms with Crippen molar-refractivity contribution in [2.75, 3.05) is 6.54 Å². The van der Waals surface area contributed by atoms with Crippen LogP contribution in [0.25, 0.3) is 0 Å². The Hall–Kier alpha value is -2.14. The first-order valence-corrected chi connectivity index (χ1v) is 7.21. The van der Waals surface area contributed by atoms with Crippen LogP contribution in [0.4, 0.5) is 0 Å². The highest BCUT2D eigenvalue weighted by Gasteiger charge is 2.28. The minimum absolute atomic E-state index is 0.298. The molecule has 0 saturated carbocycles. The second kappa shape index (κ2) is 5.69. The smallest absolute Gasteiger partial charge is 0.335 e. The van der Waals surface area contributed by atoms with Crippen molar-refractivity contribution in [1.29, 1.82) is 0 Å². The van der Waals surface area contributed by atoms with Crippen LogP contribution >= 0.6 is 0 Å². The van der Waals surface area contributed by atoms with Crippen molar-refractivity contribution in [2.24, 2.45) is 0 Å². The predicted octanol–water partition coefficient (Wildman–Crippen LogP) is 2.75. The normalized spacial score (nSPS) is 19.0. The SMILES string of the molecule is Cc1cnc([C@H]2CCCN2Cc2cccc(C(=O)O)c2)[nH]1. The molecule has 0 aliphatic carbocycles. The number of aromatic amines is 1. The van der Waals surface area contributed by atoms with Crippen molar-refractivity contribution in [3.8, 4) is 0 Å². The van der Waals surface area contributed by atoms with Crippen LogP contribution in [-0.2, 0) is 6.54 Å². The van der Waals surface area contributed by atoms with E-state index in [1.165, 1.54) is 0 Å². The molecule has 1 fully saturated rings. The van der Waals surface area contributed by atoms with E-state index in [9.17, 15) is 4.79 Å². The van der Waals surface area contributed by atoms with Gasteiger partial charge in [-0.15, -0.1) is 0 Å². The van der Waals surface area contributed by atoms with Crippen LogP contribution in [0.15, 0.2) is 30.5 Å². The van der Waals surface area contributed by atoms with E-state index in [1.54, 1.807) is 18.2 Å². The summed E-state index contributed by atoms with van der Waals surface area (Å²) in [6.07, 6.45) is 4.09. The second-order valence-electron chi connectivity index (χ2n) is 5.59. The Bertz CT molecular complexity index is 650. The number of hydrogen-bond acceptors (Lipinski definition) is 3. The third kappa shape index (κ3) is 2.97. The van der Waals surface area contributed by atoms with Gasteiger partial charge in [-0.1, -0.05) is 12.1 Å². The molecule has 5 nitrogen and oxygen atoms in total. The van der Waals surface area contributed by atoms with Crippen LogP contribution in [0.2, 0.25) is 0 Å². The molecule has 2 N–H and O–H groups in total. The molecule has 3 rings (SSSR count). The van der Waals surface area contributed by atoms with E-state index in [4.69, 9.17) is 5.11 Å². The maximum atomic E-state index is 11.1. The topological polar surface area (TPSA) is 69.2 Å². The van der Waals surface area contributed by atoms with E-state index < -0.39 is 5.97 Å². The molecule has 1 saturated heterocycles. The molecule has 2 aromatic rings. The summed E-state index contributed by atoms with van der Waals surface area (Å²) in [5.74, 6) is 0.135. The fourth-order valence-electron chi connectivity index (χ4n) is 2.96. The highest BCUT2D eigenvalue weighted by atomic mass is 16.4. The third-order valence-electron chi connectivity index (χ3n) is 3.96. The zero-order valence-electron chi connectivity index (χ0n) is 12.0. The summed E-state index contributed by atoms with van der Waals surface area (Å²) in [5, 5.41) is 9.07. The maximum Gasteiger partial charge on any atom is 0.335 e. The Balaban J connectivity index is 1.77. The van der Waals surface area contributed by atoms with Crippen LogP contribution in [0.5, 0.6) is 0 Å². The van der Waals surface area contributed by atoms with Gasteiger partial charge in [0.2, 0.25) is 0 Å². The molecule has 2 heterocycles. The monoisotopic (exact) mass is 285 g/mol. The van der Waals surface area contributed by atoms with E-state index in [0.29, 0.717) is 11.6 Å². The largest absolute Gasteiger partial charge is 0.478 e. The number of H-pyrrole nitrogens is 1. The van der Waals surface area contributed by atoms with Crippen molar-refractivity contribution in [1.82, 2.24) is 14.9 Å². The predicted molar refractivity (Wildman–Crippen MR) is 79.1 cm³/mol. The van der Waals surface area contributed by atoms with Gasteiger partial charge in [-0.05, 0) is 44.0 Å². The van der Waals surface area contributed by atoms with Crippen molar-refractivity contribution in [2.45, 2.75) is 32.4 Å². The molecule has 1 aliphatic heterocycles. The molecule has 0 spiro atoms. The van der Waals surface area contributed by atoms with Gasteiger partial charge in [0.05, 0.1) is 11.6 Å². The summed E-state index contributed by atoms with van der Waals surface area (Å²) in [6.45, 7) is 3.78. The Morgan fingerprint density at radius 2 is 2.38 bits per heavy atom. The van der Waals surface area contributed by atoms with Crippen molar-refractivity contribution in [3.05, 3.63) is 53.1 Å². The molecule has 0 radical (unpaired) electrons. The van der Waals surface area contributed by atoms with Crippen molar-refractivity contribution < 1.29 is 9.90 Å². The summed E-state index contributed by atoms with van der Waals surface area (Å²) in [5.41, 5.74) is 2.45. The van der Waals surface area contributed by atoms with Gasteiger partial charge in [-0.3, -0.25) is 4.90 Å². The van der Waals surface area contributed by atoms with Crippen LogP contribution in [0.3, 0.4) is 0 Å². The first-order chi connectivity index (χ1) is 10.1. The molecule has 1 atom stereocenters. The highest BCUT2D eigenvalue weighted by molar-refractivity contribution is 5.87. The number of rotatable bonds is 4. The van der Waals surface area contributed by atoms with Gasteiger partial charge < -0.3 is 10.1 Å². The summed E-state index contributed by atoms with van der Waals surface area (Å²) >= 11 is 0. The molecule has 0 bridgehead atoms. The van der Waals surface area contributed by atoms with Gasteiger partial charge in [0, 0.05) is 18.4 Å². The Kier molecular flexibility index (Phi) is 3.75. The standard InChI is InChI=1S/C16H19N3O2/c1-11-9-17-15(18-11)14-6-3-7-19(14)10-12-4-2-5-13(8-12)16(20)21/h2,4-5,8-9,14H,3,6-7,10H2,1H3,(H,17,18)(H,20,21)/t14-/m1/s1. The van der Waals surface area contributed by atoms with E-state index in [1.807, 2.05) is 19.2 Å². The zero-order valence-corrected chi connectivity index (χ0v) is 12.0. The van der Waals surface area contributed by atoms with Gasteiger partial charge in [0.25, 0.3) is 0 Å². The Morgan fingerprint density at radius 1 is 1.52 bits per heavy atom. The van der Waals surface area contributed by atoms with Gasteiger partial charge in [0.15, 0.2) is 0 Å². The zero-order chi connectivity index (χ0) is 14.8. The van der Waals surface area contributed by atoms with Gasteiger partial charge in [0.1, 0.15) is 5.82 Å². The number of likely N-dealkylation sites (tertiary alicyclic amines) is 1. The fourth-order valence-corrected chi connectivity index (χ4v) is 2.96. The van der Waals surface area contributed by atoms with E-state index in [-0.39, 0.29) is 0 Å². The van der Waals surface area contributed by atoms with Crippen molar-refractivity contribution >= 4 is 5.97 Å². The second-order valence-corrected chi connectivity index (χ2v) is 5.59. The molecule has 1 aromatic heterocycles. The minimum atomic E-state index is -0.878. The molecule has 21 heavy (non-hydrogen) atoms. The number of aromatic nitrogens is 2. The van der Waals surface area contributed by atoms with Crippen LogP contribution in [0, 0.1) is 6.92 Å². The number of nitrogens with zero attached hydrogens (tertiary/aromatic N) is 2. The third-order valence-corrected chi connectivity index (χ3v) is 3.96. The number of imidazole rings is 1. The Morgan fingerprint density at radius 3 is 3.10 bits per heavy atom. The lowest BCUT2D eigenvalue weighted by atomic mass is 10.1. The first kappa shape index (κ1) is 13.8. The molecule has 1 aliphatic rings. The average Bonchev–Trinajstić information content (AvgIpc) is 3.08. The lowest BCUT2D eigenvalue weighted by Gasteiger charge is -2.23. The number of aromatic carboxylic acids is 1. The van der Waals surface area contributed by atoms with Gasteiger partial charge in [-0.2, -0.15) is 0 Å². The lowest BCUT2D eigenvalue weighted by molar-refractivity contribution is 0.0696. The first-order valence-electron chi connectivity index (χ1n) is 7.21. The van der Waals surface area contributed by atoms with Gasteiger partial charge in [-0.25, -0.2) is 9.78 Å². The maximum absolute atomic E-state index is 11.1. The van der Waals surface area contributed by atoms with E-state index in [2.05, 4.69) is 14.9 Å². The Labute approximate surface area is 123 Å². The molecule has 5 heteroatoms. The summed E-state index contributed by atoms with van der Waals surface area (Å²) in [6, 6.07) is 7.47. The number of carbonyl (C=O) groups is 1. The fraction of sp³-hybridized carbons (Fsp3) is 0.375.